The highest BCUT2D eigenvalue weighted by Gasteiger charge is 2.26. The van der Waals surface area contributed by atoms with Crippen molar-refractivity contribution in [2.75, 3.05) is 0 Å². The minimum Gasteiger partial charge on any atom is -0.123 e. The third kappa shape index (κ3) is 3.35. The van der Waals surface area contributed by atoms with Gasteiger partial charge in [-0.05, 0) is 38.0 Å². The standard InChI is InChI=1S/C11H21Cl/c1-10(12)6-9-11(2)7-4-3-5-8-11/h10H,3-9H2,1-2H3. The van der Waals surface area contributed by atoms with Crippen molar-refractivity contribution in [3.63, 3.8) is 0 Å². The normalized spacial score (nSPS) is 25.2. The van der Waals surface area contributed by atoms with Crippen molar-refractivity contribution in [1.82, 2.24) is 0 Å². The molecule has 0 aromatic carbocycles. The van der Waals surface area contributed by atoms with Gasteiger partial charge < -0.3 is 0 Å². The van der Waals surface area contributed by atoms with Crippen LogP contribution < -0.4 is 0 Å². The number of rotatable bonds is 3. The lowest BCUT2D eigenvalue weighted by molar-refractivity contribution is 0.194. The Balaban J connectivity index is 2.26. The molecule has 1 saturated carbocycles. The monoisotopic (exact) mass is 188 g/mol. The number of hydrogen-bond acceptors (Lipinski definition) is 0. The van der Waals surface area contributed by atoms with Gasteiger partial charge in [0, 0.05) is 5.38 Å². The fourth-order valence-corrected chi connectivity index (χ4v) is 2.31. The van der Waals surface area contributed by atoms with Gasteiger partial charge in [-0.3, -0.25) is 0 Å². The summed E-state index contributed by atoms with van der Waals surface area (Å²) < 4.78 is 0. The summed E-state index contributed by atoms with van der Waals surface area (Å²) in [6.45, 7) is 4.54. The summed E-state index contributed by atoms with van der Waals surface area (Å²) in [4.78, 5) is 0. The van der Waals surface area contributed by atoms with E-state index in [0.717, 1.165) is 0 Å². The van der Waals surface area contributed by atoms with Gasteiger partial charge in [-0.2, -0.15) is 0 Å². The number of halogens is 1. The second kappa shape index (κ2) is 4.50. The molecule has 0 radical (unpaired) electrons. The van der Waals surface area contributed by atoms with E-state index in [1.807, 2.05) is 0 Å². The second-order valence-corrected chi connectivity index (χ2v) is 5.44. The number of hydrogen-bond donors (Lipinski definition) is 0. The van der Waals surface area contributed by atoms with Crippen LogP contribution in [0.2, 0.25) is 0 Å². The summed E-state index contributed by atoms with van der Waals surface area (Å²) in [5.41, 5.74) is 0.626. The van der Waals surface area contributed by atoms with E-state index >= 15 is 0 Å². The van der Waals surface area contributed by atoms with Gasteiger partial charge in [0.2, 0.25) is 0 Å². The largest absolute Gasteiger partial charge is 0.123 e. The van der Waals surface area contributed by atoms with Gasteiger partial charge >= 0.3 is 0 Å². The van der Waals surface area contributed by atoms with E-state index in [1.54, 1.807) is 0 Å². The molecule has 1 heteroatoms. The lowest BCUT2D eigenvalue weighted by Crippen LogP contribution is -2.20. The van der Waals surface area contributed by atoms with Crippen molar-refractivity contribution >= 4 is 11.6 Å². The Labute approximate surface area is 81.7 Å². The molecule has 0 amide bonds. The van der Waals surface area contributed by atoms with Gasteiger partial charge in [0.05, 0.1) is 0 Å². The molecule has 1 aliphatic carbocycles. The Morgan fingerprint density at radius 1 is 1.25 bits per heavy atom. The van der Waals surface area contributed by atoms with Gasteiger partial charge in [-0.15, -0.1) is 11.6 Å². The molecule has 1 rings (SSSR count). The summed E-state index contributed by atoms with van der Waals surface area (Å²) >= 11 is 5.96. The van der Waals surface area contributed by atoms with Crippen molar-refractivity contribution in [1.29, 1.82) is 0 Å². The zero-order valence-corrected chi connectivity index (χ0v) is 9.16. The van der Waals surface area contributed by atoms with E-state index in [2.05, 4.69) is 13.8 Å². The van der Waals surface area contributed by atoms with E-state index < -0.39 is 0 Å². The highest BCUT2D eigenvalue weighted by Crippen LogP contribution is 2.40. The Bertz CT molecular complexity index is 123. The molecule has 0 saturated heterocycles. The van der Waals surface area contributed by atoms with E-state index in [4.69, 9.17) is 11.6 Å². The first kappa shape index (κ1) is 10.4. The van der Waals surface area contributed by atoms with Crippen LogP contribution in [0.3, 0.4) is 0 Å². The molecule has 0 heterocycles. The molecule has 0 aromatic rings. The lowest BCUT2D eigenvalue weighted by Gasteiger charge is -2.34. The fraction of sp³-hybridized carbons (Fsp3) is 1.00. The topological polar surface area (TPSA) is 0 Å². The van der Waals surface area contributed by atoms with Crippen LogP contribution in [-0.2, 0) is 0 Å². The average molecular weight is 189 g/mol. The molecule has 0 spiro atoms. The zero-order chi connectivity index (χ0) is 9.03. The average Bonchev–Trinajstić information content (AvgIpc) is 2.03. The molecule has 72 valence electrons. The fourth-order valence-electron chi connectivity index (χ4n) is 2.20. The molecule has 0 aliphatic heterocycles. The molecule has 1 aliphatic rings. The summed E-state index contributed by atoms with van der Waals surface area (Å²) in [5, 5.41) is 0.365. The minimum absolute atomic E-state index is 0.365. The SMILES string of the molecule is CC(Cl)CCC1(C)CCCCC1. The summed E-state index contributed by atoms with van der Waals surface area (Å²) in [5.74, 6) is 0. The van der Waals surface area contributed by atoms with E-state index in [9.17, 15) is 0 Å². The second-order valence-electron chi connectivity index (χ2n) is 4.69. The predicted molar refractivity (Wildman–Crippen MR) is 55.7 cm³/mol. The van der Waals surface area contributed by atoms with Crippen LogP contribution in [0.4, 0.5) is 0 Å². The highest BCUT2D eigenvalue weighted by atomic mass is 35.5. The van der Waals surface area contributed by atoms with Gasteiger partial charge in [-0.25, -0.2) is 0 Å². The Hall–Kier alpha value is 0.290. The predicted octanol–water partition coefficient (Wildman–Crippen LogP) is 4.36. The van der Waals surface area contributed by atoms with Crippen LogP contribution in [0, 0.1) is 5.41 Å². The first-order chi connectivity index (χ1) is 5.62. The van der Waals surface area contributed by atoms with Gasteiger partial charge in [-0.1, -0.05) is 26.2 Å². The molecular formula is C11H21Cl. The smallest absolute Gasteiger partial charge is 0.0308 e. The first-order valence-corrected chi connectivity index (χ1v) is 5.70. The molecule has 0 aromatic heterocycles. The van der Waals surface area contributed by atoms with Crippen LogP contribution in [0.5, 0.6) is 0 Å². The Morgan fingerprint density at radius 2 is 1.83 bits per heavy atom. The van der Waals surface area contributed by atoms with E-state index in [1.165, 1.54) is 44.9 Å². The maximum absolute atomic E-state index is 5.96. The van der Waals surface area contributed by atoms with Crippen LogP contribution in [0.1, 0.15) is 58.8 Å². The molecule has 12 heavy (non-hydrogen) atoms. The van der Waals surface area contributed by atoms with Crippen LogP contribution >= 0.6 is 11.6 Å². The molecular weight excluding hydrogens is 168 g/mol. The Kier molecular flexibility index (Phi) is 3.89. The quantitative estimate of drug-likeness (QED) is 0.578. The first-order valence-electron chi connectivity index (χ1n) is 5.26. The zero-order valence-electron chi connectivity index (χ0n) is 8.41. The molecule has 0 nitrogen and oxygen atoms in total. The van der Waals surface area contributed by atoms with E-state index in [0.29, 0.717) is 10.8 Å². The summed E-state index contributed by atoms with van der Waals surface area (Å²) in [7, 11) is 0. The van der Waals surface area contributed by atoms with Crippen molar-refractivity contribution in [3.8, 4) is 0 Å². The van der Waals surface area contributed by atoms with Crippen molar-refractivity contribution in [2.24, 2.45) is 5.41 Å². The third-order valence-electron chi connectivity index (χ3n) is 3.21. The van der Waals surface area contributed by atoms with Crippen LogP contribution in [0.25, 0.3) is 0 Å². The maximum atomic E-state index is 5.96. The van der Waals surface area contributed by atoms with Gasteiger partial charge in [0.25, 0.3) is 0 Å². The summed E-state index contributed by atoms with van der Waals surface area (Å²) in [6, 6.07) is 0. The molecule has 1 fully saturated rings. The lowest BCUT2D eigenvalue weighted by atomic mass is 9.72. The molecule has 0 bridgehead atoms. The Morgan fingerprint density at radius 3 is 2.33 bits per heavy atom. The maximum Gasteiger partial charge on any atom is 0.0308 e. The molecule has 0 N–H and O–H groups in total. The van der Waals surface area contributed by atoms with Gasteiger partial charge in [0.15, 0.2) is 0 Å². The van der Waals surface area contributed by atoms with E-state index in [-0.39, 0.29) is 0 Å². The van der Waals surface area contributed by atoms with Crippen molar-refractivity contribution in [2.45, 2.75) is 64.2 Å². The number of alkyl halides is 1. The van der Waals surface area contributed by atoms with Crippen LogP contribution in [0.15, 0.2) is 0 Å². The summed E-state index contributed by atoms with van der Waals surface area (Å²) in [6.07, 6.45) is 9.70. The van der Waals surface area contributed by atoms with Crippen molar-refractivity contribution in [3.05, 3.63) is 0 Å². The third-order valence-corrected chi connectivity index (χ3v) is 3.42. The van der Waals surface area contributed by atoms with Gasteiger partial charge in [0.1, 0.15) is 0 Å². The van der Waals surface area contributed by atoms with Crippen LogP contribution in [-0.4, -0.2) is 5.38 Å². The molecule has 1 atom stereocenters. The molecule has 1 unspecified atom stereocenters. The van der Waals surface area contributed by atoms with Crippen molar-refractivity contribution < 1.29 is 0 Å². The highest BCUT2D eigenvalue weighted by molar-refractivity contribution is 6.20. The minimum atomic E-state index is 0.365.